The fraction of sp³-hybridized carbons (Fsp3) is 0.571. The molecule has 27 heavy (non-hydrogen) atoms. The van der Waals surface area contributed by atoms with Crippen molar-refractivity contribution in [3.05, 3.63) is 34.6 Å². The lowest BCUT2D eigenvalue weighted by Crippen LogP contribution is -2.60. The van der Waals surface area contributed by atoms with Gasteiger partial charge < -0.3 is 5.32 Å². The highest BCUT2D eigenvalue weighted by molar-refractivity contribution is 7.99. The van der Waals surface area contributed by atoms with Crippen LogP contribution in [0.25, 0.3) is 10.9 Å². The van der Waals surface area contributed by atoms with E-state index >= 15 is 0 Å². The van der Waals surface area contributed by atoms with Crippen molar-refractivity contribution in [2.75, 3.05) is 5.75 Å². The Labute approximate surface area is 162 Å². The van der Waals surface area contributed by atoms with Crippen molar-refractivity contribution in [1.82, 2.24) is 14.9 Å². The number of hydrogen-bond acceptors (Lipinski definition) is 4. The van der Waals surface area contributed by atoms with E-state index in [1.54, 1.807) is 17.7 Å². The molecule has 4 fully saturated rings. The summed E-state index contributed by atoms with van der Waals surface area (Å²) in [5, 5.41) is 4.60. The molecule has 1 amide bonds. The fourth-order valence-electron chi connectivity index (χ4n) is 6.05. The molecule has 0 saturated heterocycles. The zero-order chi connectivity index (χ0) is 18.6. The molecule has 6 rings (SSSR count). The molecule has 1 N–H and O–H groups in total. The zero-order valence-corrected chi connectivity index (χ0v) is 16.4. The van der Waals surface area contributed by atoms with Crippen LogP contribution in [0.5, 0.6) is 0 Å². The minimum atomic E-state index is -0.0652. The number of benzene rings is 1. The number of rotatable bonds is 4. The standard InChI is InChI=1S/C21H25N3O2S/c1-24-19(26)16-4-2-3-5-17(16)22-20(24)27-12-18(25)23-21-9-13-6-14(10-21)8-15(7-13)11-21/h2-5,13-15H,6-12H2,1H3,(H,23,25). The van der Waals surface area contributed by atoms with Crippen molar-refractivity contribution in [1.29, 1.82) is 0 Å². The molecule has 0 unspecified atom stereocenters. The minimum Gasteiger partial charge on any atom is -0.350 e. The lowest BCUT2D eigenvalue weighted by molar-refractivity contribution is -0.124. The van der Waals surface area contributed by atoms with E-state index in [1.165, 1.54) is 31.0 Å². The second kappa shape index (κ2) is 6.36. The first-order chi connectivity index (χ1) is 13.0. The van der Waals surface area contributed by atoms with Gasteiger partial charge in [0.1, 0.15) is 0 Å². The van der Waals surface area contributed by atoms with E-state index in [1.807, 2.05) is 18.2 Å². The second-order valence-corrected chi connectivity index (χ2v) is 9.75. The van der Waals surface area contributed by atoms with Crippen molar-refractivity contribution in [3.63, 3.8) is 0 Å². The van der Waals surface area contributed by atoms with Crippen molar-refractivity contribution >= 4 is 28.6 Å². The zero-order valence-electron chi connectivity index (χ0n) is 15.6. The van der Waals surface area contributed by atoms with Crippen LogP contribution in [0.3, 0.4) is 0 Å². The number of thioether (sulfide) groups is 1. The lowest BCUT2D eigenvalue weighted by atomic mass is 9.53. The van der Waals surface area contributed by atoms with Crippen LogP contribution in [0.4, 0.5) is 0 Å². The minimum absolute atomic E-state index is 0.0368. The van der Waals surface area contributed by atoms with E-state index in [0.29, 0.717) is 21.8 Å². The quantitative estimate of drug-likeness (QED) is 0.651. The first kappa shape index (κ1) is 17.3. The van der Waals surface area contributed by atoms with E-state index in [0.717, 1.165) is 37.0 Å². The van der Waals surface area contributed by atoms with Gasteiger partial charge in [-0.1, -0.05) is 23.9 Å². The van der Waals surface area contributed by atoms with Crippen LogP contribution in [-0.4, -0.2) is 26.8 Å². The second-order valence-electron chi connectivity index (χ2n) is 8.81. The van der Waals surface area contributed by atoms with E-state index in [2.05, 4.69) is 10.3 Å². The van der Waals surface area contributed by atoms with Crippen LogP contribution in [0.15, 0.2) is 34.2 Å². The number of para-hydroxylation sites is 1. The van der Waals surface area contributed by atoms with Crippen LogP contribution < -0.4 is 10.9 Å². The van der Waals surface area contributed by atoms with Gasteiger partial charge >= 0.3 is 0 Å². The molecule has 4 bridgehead atoms. The predicted molar refractivity (Wildman–Crippen MR) is 107 cm³/mol. The molecule has 1 heterocycles. The number of aromatic nitrogens is 2. The molecule has 0 aliphatic heterocycles. The van der Waals surface area contributed by atoms with E-state index < -0.39 is 0 Å². The molecule has 142 valence electrons. The Hall–Kier alpha value is -1.82. The summed E-state index contributed by atoms with van der Waals surface area (Å²) in [4.78, 5) is 29.8. The molecule has 4 aliphatic carbocycles. The summed E-state index contributed by atoms with van der Waals surface area (Å²) in [5.41, 5.74) is 0.656. The molecule has 0 atom stereocenters. The van der Waals surface area contributed by atoms with Gasteiger partial charge in [0.25, 0.3) is 5.56 Å². The van der Waals surface area contributed by atoms with Gasteiger partial charge in [-0.2, -0.15) is 0 Å². The Bertz CT molecular complexity index is 932. The van der Waals surface area contributed by atoms with Crippen LogP contribution in [-0.2, 0) is 11.8 Å². The van der Waals surface area contributed by atoms with Crippen LogP contribution >= 0.6 is 11.8 Å². The van der Waals surface area contributed by atoms with E-state index in [9.17, 15) is 9.59 Å². The number of amides is 1. The Morgan fingerprint density at radius 3 is 2.48 bits per heavy atom. The average molecular weight is 384 g/mol. The molecule has 1 aromatic carbocycles. The number of nitrogens with one attached hydrogen (secondary N) is 1. The molecular formula is C21H25N3O2S. The summed E-state index contributed by atoms with van der Waals surface area (Å²) in [7, 11) is 1.72. The maximum absolute atomic E-state index is 12.7. The van der Waals surface area contributed by atoms with Crippen LogP contribution in [0.1, 0.15) is 38.5 Å². The molecule has 5 nitrogen and oxygen atoms in total. The maximum atomic E-state index is 12.7. The summed E-state index contributed by atoms with van der Waals surface area (Å²) in [6, 6.07) is 7.36. The predicted octanol–water partition coefficient (Wildman–Crippen LogP) is 3.11. The highest BCUT2D eigenvalue weighted by Crippen LogP contribution is 2.55. The number of carbonyl (C=O) groups is 1. The third kappa shape index (κ3) is 3.08. The number of hydrogen-bond donors (Lipinski definition) is 1. The van der Waals surface area contributed by atoms with Gasteiger partial charge in [0.2, 0.25) is 5.91 Å². The smallest absolute Gasteiger partial charge is 0.261 e. The summed E-state index contributed by atoms with van der Waals surface area (Å²) < 4.78 is 1.55. The van der Waals surface area contributed by atoms with Gasteiger partial charge in [-0.15, -0.1) is 0 Å². The number of fused-ring (bicyclic) bond motifs is 1. The normalized spacial score (nSPS) is 31.4. The molecule has 4 saturated carbocycles. The third-order valence-electron chi connectivity index (χ3n) is 6.72. The number of nitrogens with zero attached hydrogens (tertiary/aromatic N) is 2. The van der Waals surface area contributed by atoms with Gasteiger partial charge in [-0.25, -0.2) is 4.98 Å². The average Bonchev–Trinajstić information content (AvgIpc) is 2.62. The summed E-state index contributed by atoms with van der Waals surface area (Å²) in [6.07, 6.45) is 7.57. The van der Waals surface area contributed by atoms with Gasteiger partial charge in [-0.3, -0.25) is 14.2 Å². The number of carbonyl (C=O) groups excluding carboxylic acids is 1. The monoisotopic (exact) mass is 383 g/mol. The molecule has 1 aromatic heterocycles. The lowest BCUT2D eigenvalue weighted by Gasteiger charge is -2.56. The van der Waals surface area contributed by atoms with E-state index in [-0.39, 0.29) is 17.0 Å². The molecule has 0 spiro atoms. The summed E-state index contributed by atoms with van der Waals surface area (Å²) in [6.45, 7) is 0. The molecule has 2 aromatic rings. The Morgan fingerprint density at radius 1 is 1.19 bits per heavy atom. The Morgan fingerprint density at radius 2 is 1.81 bits per heavy atom. The van der Waals surface area contributed by atoms with Gasteiger partial charge in [0.15, 0.2) is 5.16 Å². The van der Waals surface area contributed by atoms with Gasteiger partial charge in [0.05, 0.1) is 16.7 Å². The molecule has 4 aliphatic rings. The highest BCUT2D eigenvalue weighted by Gasteiger charge is 2.51. The summed E-state index contributed by atoms with van der Waals surface area (Å²) >= 11 is 1.35. The van der Waals surface area contributed by atoms with Crippen molar-refractivity contribution in [2.24, 2.45) is 24.8 Å². The first-order valence-corrected chi connectivity index (χ1v) is 10.9. The summed E-state index contributed by atoms with van der Waals surface area (Å²) in [5.74, 6) is 2.82. The first-order valence-electron chi connectivity index (χ1n) is 9.91. The van der Waals surface area contributed by atoms with Gasteiger partial charge in [0, 0.05) is 12.6 Å². The fourth-order valence-corrected chi connectivity index (χ4v) is 6.82. The van der Waals surface area contributed by atoms with E-state index in [4.69, 9.17) is 0 Å². The van der Waals surface area contributed by atoms with Crippen LogP contribution in [0.2, 0.25) is 0 Å². The van der Waals surface area contributed by atoms with Crippen molar-refractivity contribution in [3.8, 4) is 0 Å². The third-order valence-corrected chi connectivity index (χ3v) is 7.75. The molecule has 0 radical (unpaired) electrons. The van der Waals surface area contributed by atoms with Crippen molar-refractivity contribution < 1.29 is 4.79 Å². The SMILES string of the molecule is Cn1c(SCC(=O)NC23CC4CC(CC(C4)C2)C3)nc2ccccc2c1=O. The van der Waals surface area contributed by atoms with Gasteiger partial charge in [-0.05, 0) is 68.4 Å². The Balaban J connectivity index is 1.29. The van der Waals surface area contributed by atoms with Crippen LogP contribution in [0, 0.1) is 17.8 Å². The topological polar surface area (TPSA) is 64.0 Å². The molecule has 6 heteroatoms. The largest absolute Gasteiger partial charge is 0.350 e. The van der Waals surface area contributed by atoms with Crippen molar-refractivity contribution in [2.45, 2.75) is 49.2 Å². The highest BCUT2D eigenvalue weighted by atomic mass is 32.2. The molecular weight excluding hydrogens is 358 g/mol. The maximum Gasteiger partial charge on any atom is 0.261 e. The Kier molecular flexibility index (Phi) is 4.08.